The Labute approximate surface area is 169 Å². The molecule has 0 fully saturated rings. The van der Waals surface area contributed by atoms with E-state index in [1.54, 1.807) is 0 Å². The van der Waals surface area contributed by atoms with Crippen molar-refractivity contribution >= 4 is 23.8 Å². The number of rotatable bonds is 6. The highest BCUT2D eigenvalue weighted by Gasteiger charge is 2.17. The lowest BCUT2D eigenvalue weighted by Crippen LogP contribution is -2.38. The van der Waals surface area contributed by atoms with Crippen LogP contribution >= 0.6 is 0 Å². The normalized spacial score (nSPS) is 8.97. The van der Waals surface area contributed by atoms with Crippen LogP contribution in [0.4, 0.5) is 0 Å². The van der Waals surface area contributed by atoms with Gasteiger partial charge in [-0.1, -0.05) is 52.0 Å². The first-order valence-corrected chi connectivity index (χ1v) is 9.13. The standard InChI is InChI=1S/C17H14N2O6.2C2H6/c20-14(10-5-1-3-7-12(10)16(22)23)18-9-19-15(21)11-6-2-4-8-13(11)17(24)25;2*1-2/h1-8H,9H2,(H,18,20)(H,19,21)(H,22,23)(H,24,25);2*1-2H3. The molecule has 0 saturated heterocycles. The van der Waals surface area contributed by atoms with Gasteiger partial charge in [-0.05, 0) is 24.3 Å². The summed E-state index contributed by atoms with van der Waals surface area (Å²) in [5.41, 5.74) is -0.421. The van der Waals surface area contributed by atoms with Gasteiger partial charge in [-0.25, -0.2) is 9.59 Å². The van der Waals surface area contributed by atoms with Gasteiger partial charge in [-0.3, -0.25) is 9.59 Å². The number of benzene rings is 2. The van der Waals surface area contributed by atoms with Gasteiger partial charge in [0.1, 0.15) is 0 Å². The number of hydrogen-bond donors (Lipinski definition) is 4. The summed E-state index contributed by atoms with van der Waals surface area (Å²) in [5, 5.41) is 22.8. The predicted molar refractivity (Wildman–Crippen MR) is 109 cm³/mol. The highest BCUT2D eigenvalue weighted by atomic mass is 16.4. The highest BCUT2D eigenvalue weighted by molar-refractivity contribution is 6.06. The topological polar surface area (TPSA) is 133 Å². The molecule has 0 aromatic heterocycles. The fourth-order valence-corrected chi connectivity index (χ4v) is 2.13. The molecule has 0 radical (unpaired) electrons. The first kappa shape index (κ1) is 25.3. The van der Waals surface area contributed by atoms with Crippen molar-refractivity contribution in [2.24, 2.45) is 0 Å². The smallest absolute Gasteiger partial charge is 0.336 e. The molecule has 0 heterocycles. The summed E-state index contributed by atoms with van der Waals surface area (Å²) < 4.78 is 0. The third-order valence-electron chi connectivity index (χ3n) is 3.30. The second-order valence-electron chi connectivity index (χ2n) is 4.89. The van der Waals surface area contributed by atoms with E-state index in [0.29, 0.717) is 0 Å². The second kappa shape index (κ2) is 13.5. The minimum Gasteiger partial charge on any atom is -0.478 e. The van der Waals surface area contributed by atoms with Crippen molar-refractivity contribution in [3.8, 4) is 0 Å². The van der Waals surface area contributed by atoms with E-state index in [2.05, 4.69) is 10.6 Å². The summed E-state index contributed by atoms with van der Waals surface area (Å²) in [5.74, 6) is -3.84. The number of amides is 2. The Morgan fingerprint density at radius 1 is 0.621 bits per heavy atom. The molecule has 0 spiro atoms. The quantitative estimate of drug-likeness (QED) is 0.548. The van der Waals surface area contributed by atoms with E-state index in [9.17, 15) is 19.2 Å². The van der Waals surface area contributed by atoms with Crippen molar-refractivity contribution in [2.45, 2.75) is 27.7 Å². The van der Waals surface area contributed by atoms with Gasteiger partial charge in [0.25, 0.3) is 11.8 Å². The van der Waals surface area contributed by atoms with Crippen LogP contribution in [0.3, 0.4) is 0 Å². The Balaban J connectivity index is 0.00000184. The van der Waals surface area contributed by atoms with Gasteiger partial charge in [0.05, 0.1) is 28.9 Å². The minimum atomic E-state index is -1.25. The second-order valence-corrected chi connectivity index (χ2v) is 4.89. The van der Waals surface area contributed by atoms with Crippen LogP contribution in [0.5, 0.6) is 0 Å². The van der Waals surface area contributed by atoms with E-state index >= 15 is 0 Å². The van der Waals surface area contributed by atoms with Crippen molar-refractivity contribution in [3.05, 3.63) is 70.8 Å². The molecule has 2 aromatic carbocycles. The molecule has 0 aliphatic carbocycles. The van der Waals surface area contributed by atoms with Crippen molar-refractivity contribution in [1.82, 2.24) is 10.6 Å². The molecular weight excluding hydrogens is 376 g/mol. The maximum atomic E-state index is 12.0. The number of hydrogen-bond acceptors (Lipinski definition) is 4. The number of carboxylic acid groups (broad SMARTS) is 2. The lowest BCUT2D eigenvalue weighted by molar-refractivity contribution is 0.0683. The number of carboxylic acids is 2. The molecule has 8 nitrogen and oxygen atoms in total. The Morgan fingerprint density at radius 2 is 0.897 bits per heavy atom. The van der Waals surface area contributed by atoms with Crippen molar-refractivity contribution in [1.29, 1.82) is 0 Å². The molecule has 2 aromatic rings. The van der Waals surface area contributed by atoms with Crippen LogP contribution in [0.15, 0.2) is 48.5 Å². The lowest BCUT2D eigenvalue weighted by atomic mass is 10.1. The SMILES string of the molecule is CC.CC.O=C(O)c1ccccc1C(=O)NCNC(=O)c1ccccc1C(=O)O. The lowest BCUT2D eigenvalue weighted by Gasteiger charge is -2.10. The monoisotopic (exact) mass is 402 g/mol. The predicted octanol–water partition coefficient (Wildman–Crippen LogP) is 3.25. The molecule has 0 aliphatic heterocycles. The van der Waals surface area contributed by atoms with Crippen molar-refractivity contribution in [2.75, 3.05) is 6.67 Å². The molecule has 2 rings (SSSR count). The van der Waals surface area contributed by atoms with Gasteiger partial charge in [0.15, 0.2) is 0 Å². The van der Waals surface area contributed by atoms with E-state index in [1.807, 2.05) is 27.7 Å². The average molecular weight is 402 g/mol. The summed E-state index contributed by atoms with van der Waals surface area (Å²) in [6, 6.07) is 11.3. The first-order chi connectivity index (χ1) is 13.9. The first-order valence-electron chi connectivity index (χ1n) is 9.13. The summed E-state index contributed by atoms with van der Waals surface area (Å²) in [6.45, 7) is 7.71. The summed E-state index contributed by atoms with van der Waals surface area (Å²) in [7, 11) is 0. The number of carbonyl (C=O) groups is 4. The van der Waals surface area contributed by atoms with E-state index in [-0.39, 0.29) is 28.9 Å². The van der Waals surface area contributed by atoms with Gasteiger partial charge in [0.2, 0.25) is 0 Å². The van der Waals surface area contributed by atoms with Crippen molar-refractivity contribution in [3.63, 3.8) is 0 Å². The molecule has 156 valence electrons. The molecule has 29 heavy (non-hydrogen) atoms. The van der Waals surface area contributed by atoms with Crippen LogP contribution in [0, 0.1) is 0 Å². The summed E-state index contributed by atoms with van der Waals surface area (Å²) in [6.07, 6.45) is 0. The Bertz CT molecular complexity index is 779. The Hall–Kier alpha value is -3.68. The van der Waals surface area contributed by atoms with Crippen LogP contribution in [-0.4, -0.2) is 40.6 Å². The molecule has 0 unspecified atom stereocenters. The highest BCUT2D eigenvalue weighted by Crippen LogP contribution is 2.09. The minimum absolute atomic E-state index is 0.0461. The van der Waals surface area contributed by atoms with Crippen LogP contribution < -0.4 is 10.6 Å². The molecular formula is C21H26N2O6. The van der Waals surface area contributed by atoms with Gasteiger partial charge >= 0.3 is 11.9 Å². The van der Waals surface area contributed by atoms with Crippen LogP contribution in [0.25, 0.3) is 0 Å². The zero-order valence-electron chi connectivity index (χ0n) is 16.9. The molecule has 2 amide bonds. The number of carbonyl (C=O) groups excluding carboxylic acids is 2. The Morgan fingerprint density at radius 3 is 1.17 bits per heavy atom. The third-order valence-corrected chi connectivity index (χ3v) is 3.30. The van der Waals surface area contributed by atoms with Crippen LogP contribution in [0.2, 0.25) is 0 Å². The largest absolute Gasteiger partial charge is 0.478 e. The summed E-state index contributed by atoms with van der Waals surface area (Å²) >= 11 is 0. The molecule has 0 atom stereocenters. The average Bonchev–Trinajstić information content (AvgIpc) is 2.76. The fourth-order valence-electron chi connectivity index (χ4n) is 2.13. The number of nitrogens with one attached hydrogen (secondary N) is 2. The molecule has 0 saturated carbocycles. The van der Waals surface area contributed by atoms with E-state index in [1.165, 1.54) is 48.5 Å². The van der Waals surface area contributed by atoms with E-state index < -0.39 is 23.8 Å². The van der Waals surface area contributed by atoms with E-state index in [4.69, 9.17) is 10.2 Å². The van der Waals surface area contributed by atoms with E-state index in [0.717, 1.165) is 0 Å². The van der Waals surface area contributed by atoms with Crippen LogP contribution in [0.1, 0.15) is 69.1 Å². The zero-order chi connectivity index (χ0) is 22.4. The fraction of sp³-hybridized carbons (Fsp3) is 0.238. The maximum Gasteiger partial charge on any atom is 0.336 e. The van der Waals surface area contributed by atoms with Crippen LogP contribution in [-0.2, 0) is 0 Å². The molecule has 8 heteroatoms. The van der Waals surface area contributed by atoms with Gasteiger partial charge in [-0.2, -0.15) is 0 Å². The third kappa shape index (κ3) is 7.45. The molecule has 0 aliphatic rings. The van der Waals surface area contributed by atoms with Crippen molar-refractivity contribution < 1.29 is 29.4 Å². The van der Waals surface area contributed by atoms with Gasteiger partial charge in [-0.15, -0.1) is 0 Å². The van der Waals surface area contributed by atoms with Gasteiger partial charge in [0, 0.05) is 0 Å². The Kier molecular flexibility index (Phi) is 11.8. The zero-order valence-corrected chi connectivity index (χ0v) is 16.9. The molecule has 4 N–H and O–H groups in total. The molecule has 0 bridgehead atoms. The summed E-state index contributed by atoms with van der Waals surface area (Å²) in [4.78, 5) is 46.3. The van der Waals surface area contributed by atoms with Gasteiger partial charge < -0.3 is 20.8 Å². The maximum absolute atomic E-state index is 12.0. The number of aromatic carboxylic acids is 2.